The molecule has 11 nitrogen and oxygen atoms in total. The number of ether oxygens (including phenoxy) is 2. The van der Waals surface area contributed by atoms with E-state index in [1.807, 2.05) is 30.3 Å². The van der Waals surface area contributed by atoms with Gasteiger partial charge in [-0.25, -0.2) is 8.78 Å². The zero-order chi connectivity index (χ0) is 37.1. The Balaban J connectivity index is 1.60. The van der Waals surface area contributed by atoms with Crippen LogP contribution < -0.4 is 25.4 Å². The number of aliphatic carboxylic acids is 1. The summed E-state index contributed by atoms with van der Waals surface area (Å²) in [5, 5.41) is 16.8. The Bertz CT molecular complexity index is 1660. The smallest absolute Gasteiger partial charge is 0.313 e. The molecular formula is C35H37F4N3O8. The summed E-state index contributed by atoms with van der Waals surface area (Å²) in [6.07, 6.45) is -0.650. The fourth-order valence-corrected chi connectivity index (χ4v) is 4.91. The molecule has 3 aromatic carbocycles. The number of rotatable bonds is 16. The second kappa shape index (κ2) is 17.8. The van der Waals surface area contributed by atoms with Gasteiger partial charge in [-0.05, 0) is 48.6 Å². The predicted octanol–water partition coefficient (Wildman–Crippen LogP) is 4.78. The van der Waals surface area contributed by atoms with Crippen LogP contribution in [0.3, 0.4) is 0 Å². The van der Waals surface area contributed by atoms with Gasteiger partial charge in [0.15, 0.2) is 23.2 Å². The lowest BCUT2D eigenvalue weighted by Crippen LogP contribution is -2.55. The summed E-state index contributed by atoms with van der Waals surface area (Å²) in [5.74, 6) is -16.2. The van der Waals surface area contributed by atoms with Crippen molar-refractivity contribution in [3.05, 3.63) is 89.5 Å². The number of amides is 3. The van der Waals surface area contributed by atoms with Gasteiger partial charge < -0.3 is 30.5 Å². The predicted molar refractivity (Wildman–Crippen MR) is 172 cm³/mol. The maximum atomic E-state index is 14.0. The lowest BCUT2D eigenvalue weighted by Gasteiger charge is -2.30. The first-order chi connectivity index (χ1) is 23.6. The molecule has 0 saturated carbocycles. The average Bonchev–Trinajstić information content (AvgIpc) is 3.07. The third-order valence-electron chi connectivity index (χ3n) is 7.81. The van der Waals surface area contributed by atoms with Gasteiger partial charge in [0.05, 0.1) is 6.42 Å². The second-order valence-electron chi connectivity index (χ2n) is 11.8. The van der Waals surface area contributed by atoms with E-state index >= 15 is 0 Å². The number of benzene rings is 3. The van der Waals surface area contributed by atoms with Gasteiger partial charge in [-0.3, -0.25) is 24.0 Å². The minimum Gasteiger partial charge on any atom is -0.489 e. The summed E-state index contributed by atoms with van der Waals surface area (Å²) in [4.78, 5) is 63.2. The van der Waals surface area contributed by atoms with Crippen LogP contribution in [-0.4, -0.2) is 53.3 Å². The third-order valence-corrected chi connectivity index (χ3v) is 7.81. The van der Waals surface area contributed by atoms with Crippen LogP contribution in [0.4, 0.5) is 23.2 Å². The maximum absolute atomic E-state index is 14.0. The SMILES string of the molecule is CC(C)C(NC(=O)C(=O)Nc1ccc(OCc2ccccc2)cc1)C(=O)NC(C)C(CC(=O)O)C(C)C(=O)COc1c(F)c(F)cc(F)c1F. The van der Waals surface area contributed by atoms with Crippen LogP contribution in [0.1, 0.15) is 39.7 Å². The van der Waals surface area contributed by atoms with Crippen molar-refractivity contribution in [3.8, 4) is 11.5 Å². The molecule has 4 N–H and O–H groups in total. The molecule has 268 valence electrons. The highest BCUT2D eigenvalue weighted by atomic mass is 19.2. The normalized spacial score (nSPS) is 13.4. The summed E-state index contributed by atoms with van der Waals surface area (Å²) in [7, 11) is 0. The van der Waals surface area contributed by atoms with Gasteiger partial charge in [-0.2, -0.15) is 8.78 Å². The number of carbonyl (C=O) groups is 5. The molecule has 4 atom stereocenters. The molecule has 0 fully saturated rings. The van der Waals surface area contributed by atoms with Crippen LogP contribution in [0.25, 0.3) is 0 Å². The van der Waals surface area contributed by atoms with Gasteiger partial charge >= 0.3 is 17.8 Å². The molecule has 0 aliphatic carbocycles. The molecule has 50 heavy (non-hydrogen) atoms. The number of ketones is 1. The van der Waals surface area contributed by atoms with E-state index in [9.17, 15) is 46.6 Å². The Hall–Kier alpha value is -5.47. The van der Waals surface area contributed by atoms with E-state index in [1.54, 1.807) is 26.0 Å². The highest BCUT2D eigenvalue weighted by Crippen LogP contribution is 2.28. The summed E-state index contributed by atoms with van der Waals surface area (Å²) in [6, 6.07) is 13.4. The molecular weight excluding hydrogens is 666 g/mol. The zero-order valence-electron chi connectivity index (χ0n) is 27.6. The van der Waals surface area contributed by atoms with Gasteiger partial charge in [0.25, 0.3) is 0 Å². The Morgan fingerprint density at radius 2 is 1.38 bits per heavy atom. The van der Waals surface area contributed by atoms with E-state index in [2.05, 4.69) is 16.0 Å². The molecule has 4 unspecified atom stereocenters. The summed E-state index contributed by atoms with van der Waals surface area (Å²) < 4.78 is 65.4. The van der Waals surface area contributed by atoms with E-state index in [-0.39, 0.29) is 11.8 Å². The lowest BCUT2D eigenvalue weighted by molar-refractivity contribution is -0.141. The van der Waals surface area contributed by atoms with Gasteiger partial charge in [0.2, 0.25) is 17.5 Å². The van der Waals surface area contributed by atoms with Gasteiger partial charge in [-0.15, -0.1) is 0 Å². The number of hydrogen-bond donors (Lipinski definition) is 4. The summed E-state index contributed by atoms with van der Waals surface area (Å²) >= 11 is 0. The van der Waals surface area contributed by atoms with Crippen molar-refractivity contribution in [1.29, 1.82) is 0 Å². The van der Waals surface area contributed by atoms with Gasteiger partial charge in [0, 0.05) is 23.7 Å². The van der Waals surface area contributed by atoms with E-state index in [1.165, 1.54) is 26.0 Å². The number of carboxylic acid groups (broad SMARTS) is 1. The molecule has 0 aliphatic heterocycles. The quantitative estimate of drug-likeness (QED) is 0.0943. The number of carbonyl (C=O) groups excluding carboxylic acids is 4. The summed E-state index contributed by atoms with van der Waals surface area (Å²) in [6.45, 7) is 5.12. The fraction of sp³-hybridized carbons (Fsp3) is 0.343. The van der Waals surface area contributed by atoms with Gasteiger partial charge in [-0.1, -0.05) is 51.1 Å². The molecule has 0 heterocycles. The molecule has 0 spiro atoms. The average molecular weight is 704 g/mol. The topological polar surface area (TPSA) is 160 Å². The molecule has 0 bridgehead atoms. The first kappa shape index (κ1) is 39.0. The lowest BCUT2D eigenvalue weighted by atomic mass is 9.82. The van der Waals surface area contributed by atoms with Crippen molar-refractivity contribution in [2.45, 2.75) is 52.8 Å². The minimum atomic E-state index is -1.86. The highest BCUT2D eigenvalue weighted by molar-refractivity contribution is 6.40. The van der Waals surface area contributed by atoms with Crippen LogP contribution in [-0.2, 0) is 30.6 Å². The third kappa shape index (κ3) is 10.8. The van der Waals surface area contributed by atoms with Gasteiger partial charge in [0.1, 0.15) is 25.0 Å². The maximum Gasteiger partial charge on any atom is 0.313 e. The number of anilines is 1. The molecule has 3 aromatic rings. The van der Waals surface area contributed by atoms with Crippen molar-refractivity contribution < 1.29 is 56.1 Å². The first-order valence-electron chi connectivity index (χ1n) is 15.5. The Morgan fingerprint density at radius 3 is 1.94 bits per heavy atom. The number of nitrogens with one attached hydrogen (secondary N) is 3. The second-order valence-corrected chi connectivity index (χ2v) is 11.8. The first-order valence-corrected chi connectivity index (χ1v) is 15.5. The molecule has 0 aromatic heterocycles. The standard InChI is InChI=1S/C35H37F4N3O8/c1-18(2)31(42-35(48)34(47)41-22-10-12-23(13-11-22)49-16-21-8-6-5-7-9-21)33(46)40-20(4)24(14-28(44)45)19(3)27(43)17-50-32-29(38)25(36)15-26(37)30(32)39/h5-13,15,18-20,24,31H,14,16-17H2,1-4H3,(H,40,46)(H,41,47)(H,42,48)(H,44,45). The van der Waals surface area contributed by atoms with Crippen LogP contribution in [0.5, 0.6) is 11.5 Å². The fourth-order valence-electron chi connectivity index (χ4n) is 4.91. The number of hydrogen-bond acceptors (Lipinski definition) is 7. The number of carboxylic acids is 1. The zero-order valence-corrected chi connectivity index (χ0v) is 27.6. The van der Waals surface area contributed by atoms with E-state index in [0.717, 1.165) is 5.56 Å². The van der Waals surface area contributed by atoms with Crippen molar-refractivity contribution in [2.24, 2.45) is 17.8 Å². The molecule has 0 radical (unpaired) electrons. The number of Topliss-reactive ketones (excluding diaryl/α,β-unsaturated/α-hetero) is 1. The van der Waals surface area contributed by atoms with Crippen molar-refractivity contribution in [1.82, 2.24) is 10.6 Å². The van der Waals surface area contributed by atoms with Crippen LogP contribution >= 0.6 is 0 Å². The van der Waals surface area contributed by atoms with Crippen LogP contribution in [0.2, 0.25) is 0 Å². The Morgan fingerprint density at radius 1 is 0.780 bits per heavy atom. The van der Waals surface area contributed by atoms with Crippen molar-refractivity contribution >= 4 is 35.2 Å². The largest absolute Gasteiger partial charge is 0.489 e. The Kier molecular flexibility index (Phi) is 13.9. The van der Waals surface area contributed by atoms with Crippen molar-refractivity contribution in [2.75, 3.05) is 11.9 Å². The van der Waals surface area contributed by atoms with Crippen LogP contribution in [0.15, 0.2) is 60.7 Å². The Labute approximate surface area is 285 Å². The van der Waals surface area contributed by atoms with Crippen molar-refractivity contribution in [3.63, 3.8) is 0 Å². The molecule has 3 amide bonds. The minimum absolute atomic E-state index is 0.0308. The molecule has 3 rings (SSSR count). The molecule has 0 saturated heterocycles. The highest BCUT2D eigenvalue weighted by Gasteiger charge is 2.35. The van der Waals surface area contributed by atoms with Crippen LogP contribution in [0, 0.1) is 41.0 Å². The van der Waals surface area contributed by atoms with E-state index in [4.69, 9.17) is 9.47 Å². The van der Waals surface area contributed by atoms with E-state index < -0.39 is 101 Å². The monoisotopic (exact) mass is 703 g/mol. The number of halogens is 4. The molecule has 0 aliphatic rings. The summed E-state index contributed by atoms with van der Waals surface area (Å²) in [5.41, 5.74) is 1.24. The molecule has 15 heteroatoms. The van der Waals surface area contributed by atoms with E-state index in [0.29, 0.717) is 12.4 Å².